The van der Waals surface area contributed by atoms with Crippen molar-refractivity contribution < 1.29 is 0 Å². The van der Waals surface area contributed by atoms with Crippen molar-refractivity contribution >= 4 is 0 Å². The number of allylic oxidation sites excluding steroid dienone is 2. The highest BCUT2D eigenvalue weighted by atomic mass is 14.2. The molecule has 0 bridgehead atoms. The van der Waals surface area contributed by atoms with Crippen LogP contribution in [-0.4, -0.2) is 0 Å². The molecule has 0 aromatic heterocycles. The molecule has 0 aliphatic carbocycles. The molecule has 9 heavy (non-hydrogen) atoms. The van der Waals surface area contributed by atoms with E-state index in [1.807, 2.05) is 13.0 Å². The number of hydrogen-bond donors (Lipinski definition) is 0. The Morgan fingerprint density at radius 2 is 2.33 bits per heavy atom. The highest BCUT2D eigenvalue weighted by Gasteiger charge is 1.92. The normalized spacial score (nSPS) is 14.7. The van der Waals surface area contributed by atoms with E-state index in [2.05, 4.69) is 19.9 Å². The quantitative estimate of drug-likeness (QED) is 0.517. The van der Waals surface area contributed by atoms with Gasteiger partial charge in [0.05, 0.1) is 6.07 Å². The highest BCUT2D eigenvalue weighted by Crippen LogP contribution is 2.04. The van der Waals surface area contributed by atoms with Crippen LogP contribution in [0.3, 0.4) is 0 Å². The predicted octanol–water partition coefficient (Wildman–Crippen LogP) is 2.50. The van der Waals surface area contributed by atoms with Crippen LogP contribution in [0.2, 0.25) is 0 Å². The minimum atomic E-state index is 0.546. The summed E-state index contributed by atoms with van der Waals surface area (Å²) >= 11 is 0. The lowest BCUT2D eigenvalue weighted by Crippen LogP contribution is -1.85. The SMILES string of the molecule is CCC(C)/C=C(/C)C#N. The van der Waals surface area contributed by atoms with E-state index in [1.165, 1.54) is 0 Å². The molecule has 0 spiro atoms. The summed E-state index contributed by atoms with van der Waals surface area (Å²) in [6, 6.07) is 2.09. The maximum absolute atomic E-state index is 8.36. The topological polar surface area (TPSA) is 23.8 Å². The van der Waals surface area contributed by atoms with Crippen molar-refractivity contribution in [2.45, 2.75) is 27.2 Å². The molecule has 0 aromatic carbocycles. The lowest BCUT2D eigenvalue weighted by atomic mass is 10.1. The summed E-state index contributed by atoms with van der Waals surface area (Å²) in [6.07, 6.45) is 3.11. The second-order valence-electron chi connectivity index (χ2n) is 2.35. The minimum Gasteiger partial charge on any atom is -0.193 e. The minimum absolute atomic E-state index is 0.546. The molecule has 0 fully saturated rings. The third-order valence-corrected chi connectivity index (χ3v) is 1.35. The molecular weight excluding hydrogens is 110 g/mol. The summed E-state index contributed by atoms with van der Waals surface area (Å²) in [5, 5.41) is 8.36. The molecule has 0 saturated carbocycles. The molecule has 0 N–H and O–H groups in total. The fourth-order valence-corrected chi connectivity index (χ4v) is 0.582. The van der Waals surface area contributed by atoms with Crippen LogP contribution in [0.15, 0.2) is 11.6 Å². The average molecular weight is 123 g/mol. The highest BCUT2D eigenvalue weighted by molar-refractivity contribution is 5.17. The molecule has 0 rings (SSSR count). The summed E-state index contributed by atoms with van der Waals surface area (Å²) in [5.74, 6) is 0.546. The summed E-state index contributed by atoms with van der Waals surface area (Å²) in [5.41, 5.74) is 0.823. The maximum Gasteiger partial charge on any atom is 0.0940 e. The molecule has 50 valence electrons. The van der Waals surface area contributed by atoms with Crippen LogP contribution in [-0.2, 0) is 0 Å². The van der Waals surface area contributed by atoms with Crippen LogP contribution in [0, 0.1) is 17.2 Å². The van der Waals surface area contributed by atoms with E-state index in [9.17, 15) is 0 Å². The molecule has 0 radical (unpaired) electrons. The second kappa shape index (κ2) is 4.14. The van der Waals surface area contributed by atoms with E-state index in [1.54, 1.807) is 0 Å². The predicted molar refractivity (Wildman–Crippen MR) is 38.8 cm³/mol. The van der Waals surface area contributed by atoms with Gasteiger partial charge in [0.1, 0.15) is 0 Å². The Bertz CT molecular complexity index is 139. The Morgan fingerprint density at radius 1 is 1.78 bits per heavy atom. The average Bonchev–Trinajstić information content (AvgIpc) is 1.87. The van der Waals surface area contributed by atoms with Gasteiger partial charge in [0.25, 0.3) is 0 Å². The van der Waals surface area contributed by atoms with E-state index in [4.69, 9.17) is 5.26 Å². The van der Waals surface area contributed by atoms with E-state index < -0.39 is 0 Å². The van der Waals surface area contributed by atoms with Crippen LogP contribution >= 0.6 is 0 Å². The first-order valence-electron chi connectivity index (χ1n) is 3.29. The van der Waals surface area contributed by atoms with Crippen LogP contribution in [0.1, 0.15) is 27.2 Å². The molecule has 1 nitrogen and oxygen atoms in total. The van der Waals surface area contributed by atoms with Gasteiger partial charge in [0.15, 0.2) is 0 Å². The maximum atomic E-state index is 8.36. The summed E-state index contributed by atoms with van der Waals surface area (Å²) in [7, 11) is 0. The van der Waals surface area contributed by atoms with Crippen molar-refractivity contribution in [2.75, 3.05) is 0 Å². The summed E-state index contributed by atoms with van der Waals surface area (Å²) in [6.45, 7) is 6.07. The van der Waals surface area contributed by atoms with Crippen molar-refractivity contribution in [1.82, 2.24) is 0 Å². The number of hydrogen-bond acceptors (Lipinski definition) is 1. The number of nitriles is 1. The van der Waals surface area contributed by atoms with Gasteiger partial charge in [0.2, 0.25) is 0 Å². The van der Waals surface area contributed by atoms with E-state index in [0.29, 0.717) is 5.92 Å². The van der Waals surface area contributed by atoms with Gasteiger partial charge in [-0.25, -0.2) is 0 Å². The Kier molecular flexibility index (Phi) is 3.79. The molecule has 0 saturated heterocycles. The van der Waals surface area contributed by atoms with Gasteiger partial charge < -0.3 is 0 Å². The van der Waals surface area contributed by atoms with Crippen molar-refractivity contribution in [1.29, 1.82) is 5.26 Å². The molecule has 0 aliphatic rings. The summed E-state index contributed by atoms with van der Waals surface area (Å²) < 4.78 is 0. The van der Waals surface area contributed by atoms with Gasteiger partial charge in [-0.15, -0.1) is 0 Å². The number of nitrogens with zero attached hydrogens (tertiary/aromatic N) is 1. The van der Waals surface area contributed by atoms with Crippen molar-refractivity contribution in [3.63, 3.8) is 0 Å². The third-order valence-electron chi connectivity index (χ3n) is 1.35. The van der Waals surface area contributed by atoms with Crippen LogP contribution in [0.25, 0.3) is 0 Å². The molecule has 0 aliphatic heterocycles. The molecule has 0 aromatic rings. The molecule has 0 heterocycles. The smallest absolute Gasteiger partial charge is 0.0940 e. The van der Waals surface area contributed by atoms with E-state index >= 15 is 0 Å². The summed E-state index contributed by atoms with van der Waals surface area (Å²) in [4.78, 5) is 0. The largest absolute Gasteiger partial charge is 0.193 e. The van der Waals surface area contributed by atoms with Gasteiger partial charge in [-0.3, -0.25) is 0 Å². The first-order valence-corrected chi connectivity index (χ1v) is 3.29. The molecular formula is C8H13N. The van der Waals surface area contributed by atoms with Gasteiger partial charge in [0, 0.05) is 5.57 Å². The standard InChI is InChI=1S/C8H13N/c1-4-7(2)5-8(3)6-9/h5,7H,4H2,1-3H3/b8-5-. The molecule has 0 amide bonds. The fraction of sp³-hybridized carbons (Fsp3) is 0.625. The van der Waals surface area contributed by atoms with E-state index in [-0.39, 0.29) is 0 Å². The monoisotopic (exact) mass is 123 g/mol. The van der Waals surface area contributed by atoms with E-state index in [0.717, 1.165) is 12.0 Å². The second-order valence-corrected chi connectivity index (χ2v) is 2.35. The van der Waals surface area contributed by atoms with Gasteiger partial charge in [-0.05, 0) is 12.8 Å². The van der Waals surface area contributed by atoms with Crippen molar-refractivity contribution in [3.8, 4) is 6.07 Å². The Hall–Kier alpha value is -0.770. The first-order chi connectivity index (χ1) is 4.20. The lowest BCUT2D eigenvalue weighted by molar-refractivity contribution is 0.695. The van der Waals surface area contributed by atoms with Crippen LogP contribution in [0.5, 0.6) is 0 Å². The van der Waals surface area contributed by atoms with Gasteiger partial charge in [-0.2, -0.15) is 5.26 Å². The number of rotatable bonds is 2. The zero-order chi connectivity index (χ0) is 7.28. The van der Waals surface area contributed by atoms with Crippen molar-refractivity contribution in [2.24, 2.45) is 5.92 Å². The zero-order valence-corrected chi connectivity index (χ0v) is 6.31. The Balaban J connectivity index is 3.83. The van der Waals surface area contributed by atoms with Crippen molar-refractivity contribution in [3.05, 3.63) is 11.6 Å². The Labute approximate surface area is 57.0 Å². The molecule has 1 atom stereocenters. The Morgan fingerprint density at radius 3 is 2.67 bits per heavy atom. The molecule has 1 heteroatoms. The van der Waals surface area contributed by atoms with Gasteiger partial charge >= 0.3 is 0 Å². The first kappa shape index (κ1) is 8.23. The zero-order valence-electron chi connectivity index (χ0n) is 6.31. The van der Waals surface area contributed by atoms with Crippen LogP contribution in [0.4, 0.5) is 0 Å². The fourth-order valence-electron chi connectivity index (χ4n) is 0.582. The lowest BCUT2D eigenvalue weighted by Gasteiger charge is -1.98. The van der Waals surface area contributed by atoms with Gasteiger partial charge in [-0.1, -0.05) is 26.3 Å². The third kappa shape index (κ3) is 3.78. The van der Waals surface area contributed by atoms with Crippen LogP contribution < -0.4 is 0 Å². The molecule has 1 unspecified atom stereocenters.